The van der Waals surface area contributed by atoms with E-state index >= 15 is 0 Å². The zero-order chi connectivity index (χ0) is 18.2. The van der Waals surface area contributed by atoms with E-state index in [1.807, 2.05) is 0 Å². The molecule has 2 aromatic rings. The molecule has 0 bridgehead atoms. The molecule has 2 N–H and O–H groups in total. The molecule has 1 atom stereocenters. The fourth-order valence-corrected chi connectivity index (χ4v) is 2.25. The lowest BCUT2D eigenvalue weighted by Gasteiger charge is -2.29. The highest BCUT2D eigenvalue weighted by Crippen LogP contribution is 2.46. The zero-order valence-corrected chi connectivity index (χ0v) is 12.9. The van der Waals surface area contributed by atoms with Crippen molar-refractivity contribution in [3.8, 4) is 11.5 Å². The smallest absolute Gasteiger partial charge is 0.424 e. The molecule has 1 aliphatic rings. The van der Waals surface area contributed by atoms with Crippen molar-refractivity contribution in [3.63, 3.8) is 0 Å². The third-order valence-electron chi connectivity index (χ3n) is 3.15. The highest BCUT2D eigenvalue weighted by molar-refractivity contribution is 6.30. The molecule has 2 aromatic carbocycles. The number of benzene rings is 2. The van der Waals surface area contributed by atoms with Crippen LogP contribution in [0.15, 0.2) is 42.5 Å². The van der Waals surface area contributed by atoms with Gasteiger partial charge in [0.25, 0.3) is 0 Å². The molecule has 0 saturated carbocycles. The van der Waals surface area contributed by atoms with Gasteiger partial charge in [-0.05, 0) is 30.3 Å². The number of halogens is 5. The summed E-state index contributed by atoms with van der Waals surface area (Å²) >= 11 is 5.71. The quantitative estimate of drug-likeness (QED) is 0.769. The fraction of sp³-hybridized carbons (Fsp3) is 0.133. The number of hydrogen-bond donors (Lipinski definition) is 2. The Bertz CT molecular complexity index is 831. The molecule has 1 aliphatic heterocycles. The van der Waals surface area contributed by atoms with Gasteiger partial charge in [0.1, 0.15) is 5.82 Å². The van der Waals surface area contributed by atoms with Crippen molar-refractivity contribution in [2.24, 2.45) is 0 Å². The largest absolute Gasteiger partial charge is 0.492 e. The number of carbonyl (C=O) groups is 1. The van der Waals surface area contributed by atoms with Gasteiger partial charge in [0.05, 0.1) is 0 Å². The Morgan fingerprint density at radius 1 is 1.08 bits per heavy atom. The minimum Gasteiger partial charge on any atom is -0.424 e. The number of ether oxygens (including phenoxy) is 2. The van der Waals surface area contributed by atoms with E-state index < -0.39 is 23.9 Å². The third-order valence-corrected chi connectivity index (χ3v) is 3.38. The maximum Gasteiger partial charge on any atom is 0.492 e. The molecule has 25 heavy (non-hydrogen) atoms. The zero-order valence-electron chi connectivity index (χ0n) is 12.2. The molecule has 0 fully saturated rings. The summed E-state index contributed by atoms with van der Waals surface area (Å²) in [5, 5.41) is 3.78. The van der Waals surface area contributed by atoms with E-state index in [4.69, 9.17) is 21.1 Å². The number of hydrogen-bond acceptors (Lipinski definition) is 3. The highest BCUT2D eigenvalue weighted by Gasteiger charge is 2.65. The van der Waals surface area contributed by atoms with Crippen molar-refractivity contribution >= 4 is 23.3 Å². The molecule has 0 radical (unpaired) electrons. The summed E-state index contributed by atoms with van der Waals surface area (Å²) in [4.78, 5) is 11.9. The van der Waals surface area contributed by atoms with Gasteiger partial charge in [-0.15, -0.1) is 0 Å². The Labute approximate surface area is 143 Å². The normalized spacial score (nSPS) is 18.8. The monoisotopic (exact) mass is 376 g/mol. The minimum absolute atomic E-state index is 0.0478. The summed E-state index contributed by atoms with van der Waals surface area (Å²) in [7, 11) is 0. The number of alkyl halides is 3. The number of rotatable bonds is 2. The van der Waals surface area contributed by atoms with Crippen LogP contribution < -0.4 is 20.1 Å². The molecule has 2 amide bonds. The maximum atomic E-state index is 13.5. The third kappa shape index (κ3) is 3.41. The van der Waals surface area contributed by atoms with Gasteiger partial charge in [0, 0.05) is 16.8 Å². The van der Waals surface area contributed by atoms with E-state index in [0.717, 1.165) is 18.2 Å². The molecule has 0 aromatic heterocycles. The second-order valence-corrected chi connectivity index (χ2v) is 5.44. The first-order valence-electron chi connectivity index (χ1n) is 6.77. The van der Waals surface area contributed by atoms with Gasteiger partial charge in [-0.25, -0.2) is 9.18 Å². The van der Waals surface area contributed by atoms with E-state index in [9.17, 15) is 22.4 Å². The van der Waals surface area contributed by atoms with Crippen LogP contribution in [0.3, 0.4) is 0 Å². The van der Waals surface area contributed by atoms with E-state index in [1.54, 1.807) is 5.32 Å². The van der Waals surface area contributed by atoms with Crippen LogP contribution in [-0.4, -0.2) is 18.1 Å². The summed E-state index contributed by atoms with van der Waals surface area (Å²) in [5.74, 6) is -4.63. The first kappa shape index (κ1) is 17.2. The molecule has 0 spiro atoms. The second kappa shape index (κ2) is 5.99. The standard InChI is InChI=1S/C15H9ClF4N2O3/c16-8-4-5-11-12(6-8)25-15(24-11,14(18,19)20)22-13(23)21-10-3-1-2-9(17)7-10/h1-7H,(H2,21,22,23). The van der Waals surface area contributed by atoms with Crippen LogP contribution >= 0.6 is 11.6 Å². The van der Waals surface area contributed by atoms with Gasteiger partial charge in [-0.3, -0.25) is 5.32 Å². The van der Waals surface area contributed by atoms with Gasteiger partial charge in [-0.2, -0.15) is 13.2 Å². The van der Waals surface area contributed by atoms with Crippen LogP contribution in [0, 0.1) is 5.82 Å². The van der Waals surface area contributed by atoms with Crippen LogP contribution in [-0.2, 0) is 0 Å². The first-order valence-corrected chi connectivity index (χ1v) is 7.15. The van der Waals surface area contributed by atoms with E-state index in [0.29, 0.717) is 0 Å². The van der Waals surface area contributed by atoms with Crippen LogP contribution in [0.25, 0.3) is 0 Å². The summed E-state index contributed by atoms with van der Waals surface area (Å²) < 4.78 is 63.1. The topological polar surface area (TPSA) is 59.6 Å². The Morgan fingerprint density at radius 2 is 1.80 bits per heavy atom. The molecule has 1 unspecified atom stereocenters. The summed E-state index contributed by atoms with van der Waals surface area (Å²) in [6.45, 7) is 0. The van der Waals surface area contributed by atoms with Crippen molar-refractivity contribution in [3.05, 3.63) is 53.3 Å². The fourth-order valence-electron chi connectivity index (χ4n) is 2.09. The molecule has 5 nitrogen and oxygen atoms in total. The average molecular weight is 377 g/mol. The van der Waals surface area contributed by atoms with E-state index in [2.05, 4.69) is 5.32 Å². The van der Waals surface area contributed by atoms with Crippen molar-refractivity contribution in [2.45, 2.75) is 12.1 Å². The Hall–Kier alpha value is -2.68. The Balaban J connectivity index is 1.82. The van der Waals surface area contributed by atoms with Gasteiger partial charge in [0.15, 0.2) is 11.5 Å². The maximum absolute atomic E-state index is 13.5. The lowest BCUT2D eigenvalue weighted by molar-refractivity contribution is -0.317. The average Bonchev–Trinajstić information content (AvgIpc) is 2.85. The predicted molar refractivity (Wildman–Crippen MR) is 80.0 cm³/mol. The predicted octanol–water partition coefficient (Wildman–Crippen LogP) is 4.29. The lowest BCUT2D eigenvalue weighted by Crippen LogP contribution is -2.65. The molecule has 0 saturated heterocycles. The number of urea groups is 1. The Morgan fingerprint density at radius 3 is 2.48 bits per heavy atom. The van der Waals surface area contributed by atoms with E-state index in [-0.39, 0.29) is 22.2 Å². The molecule has 132 valence electrons. The second-order valence-electron chi connectivity index (χ2n) is 5.00. The molecule has 3 rings (SSSR count). The van der Waals surface area contributed by atoms with Gasteiger partial charge in [-0.1, -0.05) is 17.7 Å². The number of carbonyl (C=O) groups excluding carboxylic acids is 1. The summed E-state index contributed by atoms with van der Waals surface area (Å²) in [6, 6.07) is 6.94. The van der Waals surface area contributed by atoms with Crippen molar-refractivity contribution < 1.29 is 31.8 Å². The molecule has 0 aliphatic carbocycles. The van der Waals surface area contributed by atoms with Gasteiger partial charge >= 0.3 is 18.1 Å². The van der Waals surface area contributed by atoms with Crippen LogP contribution in [0.2, 0.25) is 5.02 Å². The van der Waals surface area contributed by atoms with Gasteiger partial charge < -0.3 is 14.8 Å². The molecule has 10 heteroatoms. The summed E-state index contributed by atoms with van der Waals surface area (Å²) in [5.41, 5.74) is -0.0478. The SMILES string of the molecule is O=C(Nc1cccc(F)c1)NC1(C(F)(F)F)Oc2ccc(Cl)cc2O1. The molecular weight excluding hydrogens is 368 g/mol. The van der Waals surface area contributed by atoms with Gasteiger partial charge in [0.2, 0.25) is 0 Å². The Kier molecular flexibility index (Phi) is 4.11. The summed E-state index contributed by atoms with van der Waals surface area (Å²) in [6.07, 6.45) is -5.11. The molecule has 1 heterocycles. The number of amides is 2. The van der Waals surface area contributed by atoms with Crippen molar-refractivity contribution in [2.75, 3.05) is 5.32 Å². The highest BCUT2D eigenvalue weighted by atomic mass is 35.5. The number of nitrogens with one attached hydrogen (secondary N) is 2. The van der Waals surface area contributed by atoms with Crippen LogP contribution in [0.5, 0.6) is 11.5 Å². The van der Waals surface area contributed by atoms with E-state index in [1.165, 1.54) is 24.3 Å². The van der Waals surface area contributed by atoms with Crippen LogP contribution in [0.4, 0.5) is 28.0 Å². The number of fused-ring (bicyclic) bond motifs is 1. The lowest BCUT2D eigenvalue weighted by atomic mass is 10.3. The molecular formula is C15H9ClF4N2O3. The minimum atomic E-state index is -5.11. The van der Waals surface area contributed by atoms with Crippen molar-refractivity contribution in [1.29, 1.82) is 0 Å². The van der Waals surface area contributed by atoms with Crippen molar-refractivity contribution in [1.82, 2.24) is 5.32 Å². The first-order chi connectivity index (χ1) is 11.7. The number of anilines is 1. The van der Waals surface area contributed by atoms with Crippen LogP contribution in [0.1, 0.15) is 0 Å².